The molecule has 6 nitrogen and oxygen atoms in total. The number of carbonyl (C=O) groups excluding carboxylic acids is 2. The van der Waals surface area contributed by atoms with E-state index in [1.807, 2.05) is 91.1 Å². The maximum absolute atomic E-state index is 13.0. The third-order valence-corrected chi connectivity index (χ3v) is 6.35. The van der Waals surface area contributed by atoms with Crippen molar-refractivity contribution in [3.63, 3.8) is 0 Å². The first-order chi connectivity index (χ1) is 16.2. The van der Waals surface area contributed by atoms with Crippen molar-refractivity contribution in [2.45, 2.75) is 6.42 Å². The fourth-order valence-electron chi connectivity index (χ4n) is 3.65. The van der Waals surface area contributed by atoms with E-state index in [4.69, 9.17) is 4.98 Å². The minimum Gasteiger partial charge on any atom is -0.361 e. The fourth-order valence-corrected chi connectivity index (χ4v) is 4.64. The molecule has 0 bridgehead atoms. The van der Waals surface area contributed by atoms with Crippen molar-refractivity contribution in [1.29, 1.82) is 0 Å². The number of rotatable bonds is 5. The van der Waals surface area contributed by atoms with Gasteiger partial charge in [-0.2, -0.15) is 0 Å². The third-order valence-electron chi connectivity index (χ3n) is 5.24. The second-order valence-corrected chi connectivity index (χ2v) is 8.47. The number of amides is 2. The summed E-state index contributed by atoms with van der Waals surface area (Å²) in [7, 11) is 0. The molecule has 2 amide bonds. The van der Waals surface area contributed by atoms with Gasteiger partial charge in [-0.3, -0.25) is 20.4 Å². The van der Waals surface area contributed by atoms with Crippen molar-refractivity contribution in [2.24, 2.45) is 0 Å². The zero-order valence-electron chi connectivity index (χ0n) is 17.5. The Kier molecular flexibility index (Phi) is 5.70. The summed E-state index contributed by atoms with van der Waals surface area (Å²) < 4.78 is 0. The molecule has 0 aliphatic heterocycles. The van der Waals surface area contributed by atoms with E-state index in [-0.39, 0.29) is 12.3 Å². The Balaban J connectivity index is 1.35. The SMILES string of the molecule is O=C(Cc1c[nH]c2ccccc12)NNC(=O)c1sc(-c2ccccc2)nc1-c1ccccc1. The van der Waals surface area contributed by atoms with Crippen molar-refractivity contribution in [3.8, 4) is 21.8 Å². The number of para-hydroxylation sites is 1. The molecule has 0 spiro atoms. The van der Waals surface area contributed by atoms with Gasteiger partial charge < -0.3 is 4.98 Å². The number of benzene rings is 3. The number of hydrogen-bond acceptors (Lipinski definition) is 4. The minimum atomic E-state index is -0.402. The van der Waals surface area contributed by atoms with Crippen molar-refractivity contribution in [1.82, 2.24) is 20.8 Å². The van der Waals surface area contributed by atoms with Crippen LogP contribution in [0, 0.1) is 0 Å². The van der Waals surface area contributed by atoms with Gasteiger partial charge in [-0.1, -0.05) is 78.9 Å². The Bertz CT molecular complexity index is 1420. The molecule has 0 aliphatic rings. The van der Waals surface area contributed by atoms with Gasteiger partial charge in [-0.15, -0.1) is 11.3 Å². The normalized spacial score (nSPS) is 10.8. The molecule has 2 aromatic heterocycles. The number of aromatic amines is 1. The quantitative estimate of drug-likeness (QED) is 0.329. The maximum atomic E-state index is 13.0. The topological polar surface area (TPSA) is 86.9 Å². The molecular formula is C26H20N4O2S. The monoisotopic (exact) mass is 452 g/mol. The second-order valence-electron chi connectivity index (χ2n) is 7.47. The molecule has 3 aromatic carbocycles. The molecule has 0 saturated heterocycles. The lowest BCUT2D eigenvalue weighted by Crippen LogP contribution is -2.42. The smallest absolute Gasteiger partial charge is 0.282 e. The average molecular weight is 453 g/mol. The number of H-pyrrole nitrogens is 1. The van der Waals surface area contributed by atoms with Gasteiger partial charge in [-0.05, 0) is 11.6 Å². The number of nitrogens with zero attached hydrogens (tertiary/aromatic N) is 1. The summed E-state index contributed by atoms with van der Waals surface area (Å²) in [5, 5.41) is 1.73. The van der Waals surface area contributed by atoms with Crippen molar-refractivity contribution >= 4 is 34.1 Å². The van der Waals surface area contributed by atoms with Gasteiger partial charge >= 0.3 is 0 Å². The minimum absolute atomic E-state index is 0.147. The summed E-state index contributed by atoms with van der Waals surface area (Å²) >= 11 is 1.29. The summed E-state index contributed by atoms with van der Waals surface area (Å²) in [4.78, 5) is 33.9. The number of thiazole rings is 1. The number of hydrazine groups is 1. The molecule has 0 fully saturated rings. The van der Waals surface area contributed by atoms with Crippen LogP contribution in [0.2, 0.25) is 0 Å². The van der Waals surface area contributed by atoms with Crippen LogP contribution in [0.4, 0.5) is 0 Å². The highest BCUT2D eigenvalue weighted by atomic mass is 32.1. The van der Waals surface area contributed by atoms with E-state index in [0.717, 1.165) is 32.6 Å². The van der Waals surface area contributed by atoms with Gasteiger partial charge in [0.1, 0.15) is 9.88 Å². The summed E-state index contributed by atoms with van der Waals surface area (Å²) in [5.74, 6) is -0.706. The van der Waals surface area contributed by atoms with Crippen LogP contribution in [0.5, 0.6) is 0 Å². The van der Waals surface area contributed by atoms with Crippen molar-refractivity contribution in [2.75, 3.05) is 0 Å². The molecule has 0 aliphatic carbocycles. The zero-order chi connectivity index (χ0) is 22.6. The molecule has 0 saturated carbocycles. The van der Waals surface area contributed by atoms with Crippen molar-refractivity contribution in [3.05, 3.63) is 102 Å². The maximum Gasteiger partial charge on any atom is 0.282 e. The predicted octanol–water partition coefficient (Wildman–Crippen LogP) is 4.96. The summed E-state index contributed by atoms with van der Waals surface area (Å²) in [6.45, 7) is 0. The van der Waals surface area contributed by atoms with Gasteiger partial charge in [-0.25, -0.2) is 4.98 Å². The van der Waals surface area contributed by atoms with Crippen LogP contribution in [0.25, 0.3) is 32.7 Å². The average Bonchev–Trinajstić information content (AvgIpc) is 3.49. The number of nitrogens with one attached hydrogen (secondary N) is 3. The van der Waals surface area contributed by atoms with Gasteiger partial charge in [0.05, 0.1) is 12.1 Å². The third kappa shape index (κ3) is 4.40. The Morgan fingerprint density at radius 3 is 2.24 bits per heavy atom. The van der Waals surface area contributed by atoms with Crippen LogP contribution >= 0.6 is 11.3 Å². The Labute approximate surface area is 194 Å². The molecule has 5 rings (SSSR count). The van der Waals surface area contributed by atoms with E-state index in [1.54, 1.807) is 0 Å². The first-order valence-electron chi connectivity index (χ1n) is 10.4. The summed E-state index contributed by atoms with van der Waals surface area (Å²) in [6.07, 6.45) is 1.96. The molecule has 3 N–H and O–H groups in total. The van der Waals surface area contributed by atoms with Crippen LogP contribution in [-0.2, 0) is 11.2 Å². The molecule has 5 aromatic rings. The second kappa shape index (κ2) is 9.10. The van der Waals surface area contributed by atoms with E-state index in [1.165, 1.54) is 11.3 Å². The van der Waals surface area contributed by atoms with Crippen molar-refractivity contribution < 1.29 is 9.59 Å². The molecule has 33 heavy (non-hydrogen) atoms. The lowest BCUT2D eigenvalue weighted by atomic mass is 10.1. The number of carbonyl (C=O) groups is 2. The first kappa shape index (κ1) is 20.7. The first-order valence-corrected chi connectivity index (χ1v) is 11.3. The van der Waals surface area contributed by atoms with E-state index in [9.17, 15) is 9.59 Å². The van der Waals surface area contributed by atoms with Crippen LogP contribution in [0.3, 0.4) is 0 Å². The van der Waals surface area contributed by atoms with Gasteiger partial charge in [0.2, 0.25) is 5.91 Å². The van der Waals surface area contributed by atoms with Crippen LogP contribution < -0.4 is 10.9 Å². The molecule has 162 valence electrons. The number of aromatic nitrogens is 2. The van der Waals surface area contributed by atoms with E-state index >= 15 is 0 Å². The fraction of sp³-hybridized carbons (Fsp3) is 0.0385. The Morgan fingerprint density at radius 1 is 0.818 bits per heavy atom. The highest BCUT2D eigenvalue weighted by Crippen LogP contribution is 2.33. The molecule has 7 heteroatoms. The standard InChI is InChI=1S/C26H20N4O2S/c31-22(15-19-16-27-21-14-8-7-13-20(19)21)29-30-25(32)24-23(17-9-3-1-4-10-17)28-26(33-24)18-11-5-2-6-12-18/h1-14,16,27H,15H2,(H,29,31)(H,30,32). The summed E-state index contributed by atoms with van der Waals surface area (Å²) in [5.41, 5.74) is 9.29. The van der Waals surface area contributed by atoms with Gasteiger partial charge in [0.15, 0.2) is 0 Å². The predicted molar refractivity (Wildman–Crippen MR) is 131 cm³/mol. The lowest BCUT2D eigenvalue weighted by Gasteiger charge is -2.07. The van der Waals surface area contributed by atoms with E-state index in [2.05, 4.69) is 15.8 Å². The van der Waals surface area contributed by atoms with E-state index < -0.39 is 5.91 Å². The number of fused-ring (bicyclic) bond motifs is 1. The Morgan fingerprint density at radius 2 is 1.48 bits per heavy atom. The Hall–Kier alpha value is -4.23. The molecule has 0 unspecified atom stereocenters. The molecule has 2 heterocycles. The van der Waals surface area contributed by atoms with Gasteiger partial charge in [0, 0.05) is 28.2 Å². The molecular weight excluding hydrogens is 432 g/mol. The van der Waals surface area contributed by atoms with E-state index in [0.29, 0.717) is 10.6 Å². The van der Waals surface area contributed by atoms with Gasteiger partial charge in [0.25, 0.3) is 5.91 Å². The van der Waals surface area contributed by atoms with Crippen LogP contribution in [-0.4, -0.2) is 21.8 Å². The highest BCUT2D eigenvalue weighted by Gasteiger charge is 2.21. The lowest BCUT2D eigenvalue weighted by molar-refractivity contribution is -0.121. The highest BCUT2D eigenvalue weighted by molar-refractivity contribution is 7.17. The largest absolute Gasteiger partial charge is 0.361 e. The number of hydrogen-bond donors (Lipinski definition) is 3. The van der Waals surface area contributed by atoms with Crippen LogP contribution in [0.1, 0.15) is 15.2 Å². The zero-order valence-corrected chi connectivity index (χ0v) is 18.4. The molecule has 0 radical (unpaired) electrons. The molecule has 0 atom stereocenters. The van der Waals surface area contributed by atoms with Crippen LogP contribution in [0.15, 0.2) is 91.1 Å². The summed E-state index contributed by atoms with van der Waals surface area (Å²) in [6, 6.07) is 27.0.